The van der Waals surface area contributed by atoms with Crippen molar-refractivity contribution in [2.45, 2.75) is 25.8 Å². The number of rotatable bonds is 3. The molecule has 0 bridgehead atoms. The van der Waals surface area contributed by atoms with Gasteiger partial charge in [-0.05, 0) is 23.6 Å². The zero-order valence-electron chi connectivity index (χ0n) is 9.79. The number of nitrogens with zero attached hydrogens (tertiary/aromatic N) is 2. The Balaban J connectivity index is 2.46. The second-order valence-electron chi connectivity index (χ2n) is 4.36. The number of nitrogens with two attached hydrogens (primary N) is 1. The van der Waals surface area contributed by atoms with Gasteiger partial charge in [-0.2, -0.15) is 0 Å². The molecule has 5 heteroatoms. The van der Waals surface area contributed by atoms with Crippen molar-refractivity contribution in [2.24, 2.45) is 5.73 Å². The predicted molar refractivity (Wildman–Crippen MR) is 63.8 cm³/mol. The molecule has 0 aliphatic rings. The van der Waals surface area contributed by atoms with Crippen LogP contribution in [0.2, 0.25) is 0 Å². The van der Waals surface area contributed by atoms with E-state index in [0.29, 0.717) is 11.5 Å². The van der Waals surface area contributed by atoms with E-state index in [9.17, 15) is 4.79 Å². The molecule has 1 unspecified atom stereocenters. The van der Waals surface area contributed by atoms with Crippen molar-refractivity contribution in [1.82, 2.24) is 9.38 Å². The van der Waals surface area contributed by atoms with Crippen LogP contribution in [0.4, 0.5) is 0 Å². The lowest BCUT2D eigenvalue weighted by Gasteiger charge is -2.06. The van der Waals surface area contributed by atoms with Gasteiger partial charge in [0.25, 0.3) is 0 Å². The Labute approximate surface area is 98.9 Å². The molecule has 0 aliphatic carbocycles. The van der Waals surface area contributed by atoms with Crippen LogP contribution in [0.1, 0.15) is 37.1 Å². The zero-order chi connectivity index (χ0) is 12.6. The summed E-state index contributed by atoms with van der Waals surface area (Å²) >= 11 is 0. The fourth-order valence-corrected chi connectivity index (χ4v) is 1.63. The summed E-state index contributed by atoms with van der Waals surface area (Å²) in [6, 6.07) is 2.42. The van der Waals surface area contributed by atoms with Crippen molar-refractivity contribution < 1.29 is 9.90 Å². The van der Waals surface area contributed by atoms with Crippen molar-refractivity contribution in [2.75, 3.05) is 0 Å². The summed E-state index contributed by atoms with van der Waals surface area (Å²) < 4.78 is 1.87. The number of carbonyl (C=O) groups is 1. The molecule has 0 aliphatic heterocycles. The smallest absolute Gasteiger partial charge is 0.325 e. The third kappa shape index (κ3) is 2.14. The van der Waals surface area contributed by atoms with Gasteiger partial charge >= 0.3 is 5.97 Å². The fraction of sp³-hybridized carbons (Fsp3) is 0.333. The van der Waals surface area contributed by atoms with Crippen molar-refractivity contribution in [3.8, 4) is 0 Å². The molecule has 0 radical (unpaired) electrons. The summed E-state index contributed by atoms with van der Waals surface area (Å²) in [5.41, 5.74) is 7.82. The highest BCUT2D eigenvalue weighted by molar-refractivity contribution is 5.75. The number of fused-ring (bicyclic) bond motifs is 1. The van der Waals surface area contributed by atoms with Gasteiger partial charge in [0.15, 0.2) is 0 Å². The van der Waals surface area contributed by atoms with Crippen LogP contribution in [-0.2, 0) is 4.79 Å². The lowest BCUT2D eigenvalue weighted by molar-refractivity contribution is -0.138. The van der Waals surface area contributed by atoms with Gasteiger partial charge in [0.05, 0.1) is 5.69 Å². The topological polar surface area (TPSA) is 80.6 Å². The molecule has 3 N–H and O–H groups in total. The Morgan fingerprint density at radius 2 is 2.24 bits per heavy atom. The number of carboxylic acid groups (broad SMARTS) is 1. The third-order valence-electron chi connectivity index (χ3n) is 2.72. The van der Waals surface area contributed by atoms with E-state index in [1.54, 1.807) is 18.3 Å². The van der Waals surface area contributed by atoms with E-state index < -0.39 is 12.0 Å². The third-order valence-corrected chi connectivity index (χ3v) is 2.72. The van der Waals surface area contributed by atoms with Gasteiger partial charge in [0, 0.05) is 12.4 Å². The van der Waals surface area contributed by atoms with Crippen LogP contribution >= 0.6 is 0 Å². The van der Waals surface area contributed by atoms with Gasteiger partial charge in [0.1, 0.15) is 11.7 Å². The first-order valence-electron chi connectivity index (χ1n) is 5.46. The number of hydrogen-bond acceptors (Lipinski definition) is 3. The summed E-state index contributed by atoms with van der Waals surface area (Å²) in [7, 11) is 0. The van der Waals surface area contributed by atoms with Gasteiger partial charge in [0.2, 0.25) is 0 Å². The number of aromatic nitrogens is 2. The van der Waals surface area contributed by atoms with Gasteiger partial charge < -0.3 is 15.2 Å². The molecule has 0 spiro atoms. The van der Waals surface area contributed by atoms with E-state index in [4.69, 9.17) is 10.8 Å². The van der Waals surface area contributed by atoms with Gasteiger partial charge in [-0.1, -0.05) is 13.8 Å². The monoisotopic (exact) mass is 233 g/mol. The molecule has 2 heterocycles. The Hall–Kier alpha value is -1.88. The first-order valence-corrected chi connectivity index (χ1v) is 5.46. The van der Waals surface area contributed by atoms with Crippen LogP contribution < -0.4 is 5.73 Å². The Bertz CT molecular complexity index is 560. The van der Waals surface area contributed by atoms with E-state index in [2.05, 4.69) is 18.8 Å². The number of pyridine rings is 1. The van der Waals surface area contributed by atoms with Crippen LogP contribution in [0.25, 0.3) is 5.65 Å². The molecule has 5 nitrogen and oxygen atoms in total. The molecule has 0 saturated heterocycles. The Kier molecular flexibility index (Phi) is 2.85. The molecule has 0 amide bonds. The maximum absolute atomic E-state index is 10.8. The highest BCUT2D eigenvalue weighted by atomic mass is 16.4. The number of imidazole rings is 1. The van der Waals surface area contributed by atoms with Crippen LogP contribution in [0.3, 0.4) is 0 Å². The molecular formula is C12H15N3O2. The number of carboxylic acids is 1. The SMILES string of the molecule is CC(C)c1cn2ccc(C(N)C(=O)O)cc2n1. The van der Waals surface area contributed by atoms with E-state index in [0.717, 1.165) is 11.3 Å². The minimum Gasteiger partial charge on any atom is -0.480 e. The minimum atomic E-state index is -1.04. The van der Waals surface area contributed by atoms with Crippen molar-refractivity contribution >= 4 is 11.6 Å². The second-order valence-corrected chi connectivity index (χ2v) is 4.36. The number of aliphatic carboxylic acids is 1. The molecule has 2 rings (SSSR count). The quantitative estimate of drug-likeness (QED) is 0.842. The summed E-state index contributed by atoms with van der Waals surface area (Å²) in [5, 5.41) is 8.85. The van der Waals surface area contributed by atoms with E-state index in [1.807, 2.05) is 10.6 Å². The van der Waals surface area contributed by atoms with Gasteiger partial charge in [-0.25, -0.2) is 4.98 Å². The number of hydrogen-bond donors (Lipinski definition) is 2. The summed E-state index contributed by atoms with van der Waals surface area (Å²) in [6.45, 7) is 4.12. The predicted octanol–water partition coefficient (Wildman–Crippen LogP) is 1.54. The standard InChI is InChI=1S/C12H15N3O2/c1-7(2)9-6-15-4-3-8(5-10(15)14-9)11(13)12(16)17/h3-7,11H,13H2,1-2H3,(H,16,17). The molecule has 1 atom stereocenters. The molecule has 90 valence electrons. The average Bonchev–Trinajstić information content (AvgIpc) is 2.70. The van der Waals surface area contributed by atoms with Crippen LogP contribution in [0, 0.1) is 0 Å². The highest BCUT2D eigenvalue weighted by Gasteiger charge is 2.15. The minimum absolute atomic E-state index is 0.339. The maximum atomic E-state index is 10.8. The molecular weight excluding hydrogens is 218 g/mol. The van der Waals surface area contributed by atoms with E-state index in [-0.39, 0.29) is 0 Å². The molecule has 2 aromatic heterocycles. The van der Waals surface area contributed by atoms with Crippen LogP contribution in [0.15, 0.2) is 24.5 Å². The second kappa shape index (κ2) is 4.18. The lowest BCUT2D eigenvalue weighted by atomic mass is 10.1. The maximum Gasteiger partial charge on any atom is 0.325 e. The van der Waals surface area contributed by atoms with Crippen LogP contribution in [0.5, 0.6) is 0 Å². The van der Waals surface area contributed by atoms with Crippen molar-refractivity contribution in [3.05, 3.63) is 35.8 Å². The Morgan fingerprint density at radius 1 is 1.53 bits per heavy atom. The molecule has 2 aromatic rings. The Morgan fingerprint density at radius 3 is 2.82 bits per heavy atom. The summed E-state index contributed by atoms with van der Waals surface area (Å²) in [6.07, 6.45) is 3.72. The molecule has 0 fully saturated rings. The summed E-state index contributed by atoms with van der Waals surface area (Å²) in [5.74, 6) is -0.698. The molecule has 17 heavy (non-hydrogen) atoms. The first-order chi connectivity index (χ1) is 7.99. The highest BCUT2D eigenvalue weighted by Crippen LogP contribution is 2.17. The van der Waals surface area contributed by atoms with E-state index >= 15 is 0 Å². The van der Waals surface area contributed by atoms with Gasteiger partial charge in [-0.15, -0.1) is 0 Å². The van der Waals surface area contributed by atoms with E-state index in [1.165, 1.54) is 0 Å². The van der Waals surface area contributed by atoms with Gasteiger partial charge in [-0.3, -0.25) is 4.79 Å². The summed E-state index contributed by atoms with van der Waals surface area (Å²) in [4.78, 5) is 15.2. The largest absolute Gasteiger partial charge is 0.480 e. The van der Waals surface area contributed by atoms with Crippen molar-refractivity contribution in [1.29, 1.82) is 0 Å². The lowest BCUT2D eigenvalue weighted by Crippen LogP contribution is -2.20. The first kappa shape index (κ1) is 11.6. The fourth-order valence-electron chi connectivity index (χ4n) is 1.63. The average molecular weight is 233 g/mol. The van der Waals surface area contributed by atoms with Crippen LogP contribution in [-0.4, -0.2) is 20.5 Å². The molecule has 0 aromatic carbocycles. The molecule has 0 saturated carbocycles. The normalized spacial score (nSPS) is 13.2. The van der Waals surface area contributed by atoms with Crippen molar-refractivity contribution in [3.63, 3.8) is 0 Å². The zero-order valence-corrected chi connectivity index (χ0v) is 9.79.